The van der Waals surface area contributed by atoms with E-state index in [-0.39, 0.29) is 23.9 Å². The SMILES string of the molecule is Cc1ncc(NC(=O)c2ccc(C(=O)OCc3ccccc3)[nH]2)s1. The summed E-state index contributed by atoms with van der Waals surface area (Å²) in [6, 6.07) is 12.5. The lowest BCUT2D eigenvalue weighted by molar-refractivity contribution is 0.0466. The number of carbonyl (C=O) groups is 2. The van der Waals surface area contributed by atoms with Crippen molar-refractivity contribution < 1.29 is 14.3 Å². The van der Waals surface area contributed by atoms with Gasteiger partial charge in [0.2, 0.25) is 0 Å². The quantitative estimate of drug-likeness (QED) is 0.697. The van der Waals surface area contributed by atoms with Gasteiger partial charge in [-0.2, -0.15) is 0 Å². The van der Waals surface area contributed by atoms with Gasteiger partial charge in [-0.25, -0.2) is 9.78 Å². The summed E-state index contributed by atoms with van der Waals surface area (Å²) in [6.07, 6.45) is 1.59. The second-order valence-corrected chi connectivity index (χ2v) is 6.28. The highest BCUT2D eigenvalue weighted by Crippen LogP contribution is 2.18. The minimum absolute atomic E-state index is 0.181. The molecule has 0 bridgehead atoms. The Bertz CT molecular complexity index is 855. The van der Waals surface area contributed by atoms with Crippen LogP contribution in [0, 0.1) is 6.92 Å². The van der Waals surface area contributed by atoms with Crippen molar-refractivity contribution >= 4 is 28.2 Å². The molecule has 0 spiro atoms. The number of aromatic nitrogens is 2. The molecule has 2 N–H and O–H groups in total. The molecule has 0 aliphatic heterocycles. The minimum Gasteiger partial charge on any atom is -0.456 e. The van der Waals surface area contributed by atoms with Crippen LogP contribution < -0.4 is 5.32 Å². The van der Waals surface area contributed by atoms with Gasteiger partial charge in [-0.1, -0.05) is 30.3 Å². The number of thiazole rings is 1. The number of nitrogens with zero attached hydrogens (tertiary/aromatic N) is 1. The smallest absolute Gasteiger partial charge is 0.355 e. The Morgan fingerprint density at radius 1 is 1.17 bits per heavy atom. The monoisotopic (exact) mass is 341 g/mol. The molecular formula is C17H15N3O3S. The number of hydrogen-bond donors (Lipinski definition) is 2. The molecule has 0 fully saturated rings. The van der Waals surface area contributed by atoms with E-state index in [1.807, 2.05) is 37.3 Å². The van der Waals surface area contributed by atoms with Crippen LogP contribution in [0.3, 0.4) is 0 Å². The van der Waals surface area contributed by atoms with Gasteiger partial charge in [0.25, 0.3) is 5.91 Å². The van der Waals surface area contributed by atoms with Crippen molar-refractivity contribution in [3.05, 3.63) is 70.6 Å². The minimum atomic E-state index is -0.508. The maximum Gasteiger partial charge on any atom is 0.355 e. The van der Waals surface area contributed by atoms with E-state index in [1.165, 1.54) is 17.4 Å². The first-order chi connectivity index (χ1) is 11.6. The Morgan fingerprint density at radius 3 is 2.62 bits per heavy atom. The zero-order chi connectivity index (χ0) is 16.9. The van der Waals surface area contributed by atoms with Gasteiger partial charge in [-0.15, -0.1) is 11.3 Å². The second kappa shape index (κ2) is 7.10. The molecule has 24 heavy (non-hydrogen) atoms. The first-order valence-electron chi connectivity index (χ1n) is 7.25. The summed E-state index contributed by atoms with van der Waals surface area (Å²) >= 11 is 1.38. The molecule has 2 heterocycles. The zero-order valence-corrected chi connectivity index (χ0v) is 13.7. The van der Waals surface area contributed by atoms with Gasteiger partial charge in [0.05, 0.1) is 11.2 Å². The van der Waals surface area contributed by atoms with E-state index >= 15 is 0 Å². The molecule has 0 saturated heterocycles. The summed E-state index contributed by atoms with van der Waals surface area (Å²) < 4.78 is 5.22. The van der Waals surface area contributed by atoms with Crippen molar-refractivity contribution in [2.45, 2.75) is 13.5 Å². The normalized spacial score (nSPS) is 10.4. The molecule has 0 atom stereocenters. The van der Waals surface area contributed by atoms with Crippen LogP contribution in [0.15, 0.2) is 48.7 Å². The van der Waals surface area contributed by atoms with Gasteiger partial charge in [-0.3, -0.25) is 4.79 Å². The van der Waals surface area contributed by atoms with E-state index in [9.17, 15) is 9.59 Å². The van der Waals surface area contributed by atoms with Crippen LogP contribution in [0.5, 0.6) is 0 Å². The molecule has 2 aromatic heterocycles. The maximum atomic E-state index is 12.1. The summed E-state index contributed by atoms with van der Waals surface area (Å²) in [7, 11) is 0. The fourth-order valence-electron chi connectivity index (χ4n) is 2.05. The number of esters is 1. The summed E-state index contributed by atoms with van der Waals surface area (Å²) in [6.45, 7) is 2.04. The van der Waals surface area contributed by atoms with Crippen LogP contribution in [0.2, 0.25) is 0 Å². The number of benzene rings is 1. The topological polar surface area (TPSA) is 84.1 Å². The van der Waals surface area contributed by atoms with Crippen LogP contribution in [-0.4, -0.2) is 21.8 Å². The van der Waals surface area contributed by atoms with Gasteiger partial charge in [0.1, 0.15) is 23.0 Å². The number of ether oxygens (including phenoxy) is 1. The number of rotatable bonds is 5. The van der Waals surface area contributed by atoms with Gasteiger partial charge < -0.3 is 15.0 Å². The fraction of sp³-hybridized carbons (Fsp3) is 0.118. The predicted molar refractivity (Wildman–Crippen MR) is 91.2 cm³/mol. The molecule has 3 aromatic rings. The Morgan fingerprint density at radius 2 is 1.92 bits per heavy atom. The van der Waals surface area contributed by atoms with Crippen LogP contribution in [0.4, 0.5) is 5.00 Å². The Labute approximate surface area is 142 Å². The van der Waals surface area contributed by atoms with Crippen molar-refractivity contribution in [1.82, 2.24) is 9.97 Å². The number of carbonyl (C=O) groups excluding carboxylic acids is 2. The van der Waals surface area contributed by atoms with Crippen LogP contribution in [-0.2, 0) is 11.3 Å². The lowest BCUT2D eigenvalue weighted by atomic mass is 10.2. The molecule has 0 saturated carbocycles. The Balaban J connectivity index is 1.60. The van der Waals surface area contributed by atoms with Crippen LogP contribution >= 0.6 is 11.3 Å². The van der Waals surface area contributed by atoms with Gasteiger partial charge in [0, 0.05) is 0 Å². The summed E-state index contributed by atoms with van der Waals surface area (Å²) in [5.41, 5.74) is 1.42. The summed E-state index contributed by atoms with van der Waals surface area (Å²) in [5, 5.41) is 4.24. The number of nitrogens with one attached hydrogen (secondary N) is 2. The molecule has 0 aliphatic carbocycles. The largest absolute Gasteiger partial charge is 0.456 e. The molecule has 1 aromatic carbocycles. The number of anilines is 1. The molecule has 7 heteroatoms. The van der Waals surface area contributed by atoms with E-state index < -0.39 is 5.97 Å². The van der Waals surface area contributed by atoms with Crippen molar-refractivity contribution in [3.8, 4) is 0 Å². The predicted octanol–water partition coefficient (Wildman–Crippen LogP) is 3.39. The molecule has 0 unspecified atom stereocenters. The van der Waals surface area contributed by atoms with E-state index in [1.54, 1.807) is 12.3 Å². The van der Waals surface area contributed by atoms with Crippen molar-refractivity contribution in [2.75, 3.05) is 5.32 Å². The molecule has 3 rings (SSSR count). The highest BCUT2D eigenvalue weighted by atomic mass is 32.1. The molecule has 0 aliphatic rings. The van der Waals surface area contributed by atoms with Gasteiger partial charge in [0.15, 0.2) is 0 Å². The van der Waals surface area contributed by atoms with Crippen molar-refractivity contribution in [3.63, 3.8) is 0 Å². The van der Waals surface area contributed by atoms with E-state index in [0.717, 1.165) is 10.6 Å². The first kappa shape index (κ1) is 15.9. The third-order valence-corrected chi connectivity index (χ3v) is 4.05. The molecule has 122 valence electrons. The number of H-pyrrole nitrogens is 1. The fourth-order valence-corrected chi connectivity index (χ4v) is 2.72. The molecular weight excluding hydrogens is 326 g/mol. The van der Waals surface area contributed by atoms with Gasteiger partial charge in [-0.05, 0) is 24.6 Å². The zero-order valence-electron chi connectivity index (χ0n) is 12.9. The molecule has 0 radical (unpaired) electrons. The van der Waals surface area contributed by atoms with E-state index in [2.05, 4.69) is 15.3 Å². The first-order valence-corrected chi connectivity index (χ1v) is 8.07. The summed E-state index contributed by atoms with van der Waals surface area (Å²) in [4.78, 5) is 31.0. The third kappa shape index (κ3) is 3.88. The second-order valence-electron chi connectivity index (χ2n) is 5.05. The number of hydrogen-bond acceptors (Lipinski definition) is 5. The lowest BCUT2D eigenvalue weighted by Crippen LogP contribution is -2.12. The highest BCUT2D eigenvalue weighted by Gasteiger charge is 2.15. The average molecular weight is 341 g/mol. The number of aryl methyl sites for hydroxylation is 1. The highest BCUT2D eigenvalue weighted by molar-refractivity contribution is 7.15. The number of amides is 1. The lowest BCUT2D eigenvalue weighted by Gasteiger charge is -2.03. The number of aromatic amines is 1. The molecule has 6 nitrogen and oxygen atoms in total. The third-order valence-electron chi connectivity index (χ3n) is 3.22. The van der Waals surface area contributed by atoms with E-state index in [4.69, 9.17) is 4.74 Å². The van der Waals surface area contributed by atoms with Gasteiger partial charge >= 0.3 is 5.97 Å². The van der Waals surface area contributed by atoms with Crippen LogP contribution in [0.25, 0.3) is 0 Å². The Hall–Kier alpha value is -2.93. The van der Waals surface area contributed by atoms with E-state index in [0.29, 0.717) is 5.00 Å². The van der Waals surface area contributed by atoms with Crippen LogP contribution in [0.1, 0.15) is 31.5 Å². The molecule has 1 amide bonds. The maximum absolute atomic E-state index is 12.1. The Kier molecular flexibility index (Phi) is 4.72. The van der Waals surface area contributed by atoms with Crippen molar-refractivity contribution in [1.29, 1.82) is 0 Å². The van der Waals surface area contributed by atoms with Crippen molar-refractivity contribution in [2.24, 2.45) is 0 Å². The average Bonchev–Trinajstić information content (AvgIpc) is 3.23. The standard InChI is InChI=1S/C17H15N3O3S/c1-11-18-9-15(24-11)20-16(21)13-7-8-14(19-13)17(22)23-10-12-5-3-2-4-6-12/h2-9,19H,10H2,1H3,(H,20,21). The summed E-state index contributed by atoms with van der Waals surface area (Å²) in [5.74, 6) is -0.840.